The third-order valence-corrected chi connectivity index (χ3v) is 7.85. The summed E-state index contributed by atoms with van der Waals surface area (Å²) in [4.78, 5) is 14.3. The number of anilines is 1. The Hall–Kier alpha value is -3.90. The third kappa shape index (κ3) is 3.56. The van der Waals surface area contributed by atoms with Crippen LogP contribution >= 0.6 is 0 Å². The van der Waals surface area contributed by atoms with Gasteiger partial charge in [-0.2, -0.15) is 0 Å². The number of para-hydroxylation sites is 1. The molecule has 0 saturated heterocycles. The molecule has 170 valence electrons. The van der Waals surface area contributed by atoms with Crippen LogP contribution in [0.3, 0.4) is 0 Å². The number of benzene rings is 4. The normalized spacial score (nSPS) is 14.2. The summed E-state index contributed by atoms with van der Waals surface area (Å²) in [5.74, 6) is -0.719. The number of carbonyl (C=O) groups is 1. The van der Waals surface area contributed by atoms with Gasteiger partial charge in [0.2, 0.25) is 0 Å². The summed E-state index contributed by atoms with van der Waals surface area (Å²) in [6.07, 6.45) is 0. The molecule has 0 spiro atoms. The van der Waals surface area contributed by atoms with Crippen LogP contribution in [0.4, 0.5) is 5.69 Å². The fourth-order valence-corrected chi connectivity index (χ4v) is 5.94. The summed E-state index contributed by atoms with van der Waals surface area (Å²) in [7, 11) is -2.69. The lowest BCUT2D eigenvalue weighted by molar-refractivity contribution is -0.117. The molecule has 6 heteroatoms. The maximum atomic E-state index is 14.2. The third-order valence-electron chi connectivity index (χ3n) is 6.12. The van der Waals surface area contributed by atoms with Crippen molar-refractivity contribution in [2.75, 3.05) is 11.4 Å². The number of hydrogen-bond acceptors (Lipinski definition) is 4. The molecule has 1 amide bonds. The van der Waals surface area contributed by atoms with Gasteiger partial charge in [-0.25, -0.2) is 12.7 Å². The smallest absolute Gasteiger partial charge is 0.270 e. The van der Waals surface area contributed by atoms with Crippen molar-refractivity contribution in [3.05, 3.63) is 114 Å². The lowest BCUT2D eigenvalue weighted by Gasteiger charge is -2.26. The van der Waals surface area contributed by atoms with Gasteiger partial charge in [0, 0.05) is 0 Å². The Labute approximate surface area is 199 Å². The van der Waals surface area contributed by atoms with Crippen molar-refractivity contribution in [1.29, 1.82) is 0 Å². The number of nitrogens with zero attached hydrogens (tertiary/aromatic N) is 1. The molecule has 0 radical (unpaired) electrons. The number of fused-ring (bicyclic) bond motifs is 3. The van der Waals surface area contributed by atoms with Crippen LogP contribution in [-0.2, 0) is 14.8 Å². The Morgan fingerprint density at radius 3 is 2.15 bits per heavy atom. The maximum Gasteiger partial charge on any atom is 0.270 e. The van der Waals surface area contributed by atoms with E-state index in [1.165, 1.54) is 19.2 Å². The Bertz CT molecular complexity index is 1480. The molecule has 4 aromatic carbocycles. The minimum absolute atomic E-state index is 0.0150. The Morgan fingerprint density at radius 2 is 1.44 bits per heavy atom. The van der Waals surface area contributed by atoms with Crippen LogP contribution in [0.15, 0.2) is 102 Å². The molecule has 1 atom stereocenters. The highest BCUT2D eigenvalue weighted by Crippen LogP contribution is 2.46. The van der Waals surface area contributed by atoms with Crippen molar-refractivity contribution in [2.24, 2.45) is 0 Å². The molecular weight excluding hydrogens is 446 g/mol. The van der Waals surface area contributed by atoms with Gasteiger partial charge in [-0.1, -0.05) is 66.2 Å². The van der Waals surface area contributed by atoms with E-state index in [1.54, 1.807) is 42.5 Å². The molecule has 0 aromatic heterocycles. The summed E-state index contributed by atoms with van der Waals surface area (Å²) in [5, 5.41) is 0. The van der Waals surface area contributed by atoms with Gasteiger partial charge < -0.3 is 4.74 Å². The Balaban J connectivity index is 1.69. The number of carbonyl (C=O) groups excluding carboxylic acids is 1. The largest absolute Gasteiger partial charge is 0.497 e. The van der Waals surface area contributed by atoms with E-state index < -0.39 is 21.8 Å². The van der Waals surface area contributed by atoms with E-state index in [1.807, 2.05) is 49.4 Å². The van der Waals surface area contributed by atoms with E-state index in [0.717, 1.165) is 32.1 Å². The predicted molar refractivity (Wildman–Crippen MR) is 133 cm³/mol. The number of methoxy groups -OCH3 is 1. The molecule has 34 heavy (non-hydrogen) atoms. The van der Waals surface area contributed by atoms with Crippen LogP contribution in [0.1, 0.15) is 22.6 Å². The Morgan fingerprint density at radius 1 is 0.794 bits per heavy atom. The number of aryl methyl sites for hydroxylation is 1. The van der Waals surface area contributed by atoms with Gasteiger partial charge >= 0.3 is 0 Å². The van der Waals surface area contributed by atoms with E-state index >= 15 is 0 Å². The molecule has 0 bridgehead atoms. The van der Waals surface area contributed by atoms with Gasteiger partial charge in [0.1, 0.15) is 5.75 Å². The standard InChI is InChI=1S/C28H23NO4S/c1-19-12-17-24-23-10-6-7-11-25(23)27(26(24)18-19)28(30)29(20-8-4-3-5-9-20)34(31,32)22-15-13-21(33-2)14-16-22/h3-18,27H,1-2H3. The highest BCUT2D eigenvalue weighted by molar-refractivity contribution is 7.93. The first-order valence-corrected chi connectivity index (χ1v) is 12.3. The second-order valence-electron chi connectivity index (χ2n) is 8.23. The molecule has 5 nitrogen and oxygen atoms in total. The van der Waals surface area contributed by atoms with Gasteiger partial charge in [0.05, 0.1) is 23.6 Å². The van der Waals surface area contributed by atoms with Crippen molar-refractivity contribution >= 4 is 21.6 Å². The minimum atomic E-state index is -4.20. The molecular formula is C28H23NO4S. The second kappa shape index (κ2) is 8.47. The number of sulfonamides is 1. The average molecular weight is 470 g/mol. The maximum absolute atomic E-state index is 14.2. The zero-order chi connectivity index (χ0) is 23.9. The fraction of sp³-hybridized carbons (Fsp3) is 0.107. The van der Waals surface area contributed by atoms with Crippen molar-refractivity contribution < 1.29 is 17.9 Å². The SMILES string of the molecule is COc1ccc(S(=O)(=O)N(C(=O)C2c3ccccc3-c3ccc(C)cc32)c2ccccc2)cc1. The molecule has 0 N–H and O–H groups in total. The van der Waals surface area contributed by atoms with Gasteiger partial charge in [-0.3, -0.25) is 4.79 Å². The molecule has 0 fully saturated rings. The van der Waals surface area contributed by atoms with Crippen LogP contribution in [0.2, 0.25) is 0 Å². The lowest BCUT2D eigenvalue weighted by atomic mass is 9.95. The number of hydrogen-bond donors (Lipinski definition) is 0. The summed E-state index contributed by atoms with van der Waals surface area (Å²) < 4.78 is 33.9. The first-order chi connectivity index (χ1) is 16.4. The number of amides is 1. The highest BCUT2D eigenvalue weighted by atomic mass is 32.2. The van der Waals surface area contributed by atoms with E-state index in [4.69, 9.17) is 4.74 Å². The molecule has 5 rings (SSSR count). The quantitative estimate of drug-likeness (QED) is 0.385. The van der Waals surface area contributed by atoms with Crippen molar-refractivity contribution in [2.45, 2.75) is 17.7 Å². The van der Waals surface area contributed by atoms with E-state index in [9.17, 15) is 13.2 Å². The Kier molecular flexibility index (Phi) is 5.46. The summed E-state index contributed by atoms with van der Waals surface area (Å²) in [6, 6.07) is 28.2. The summed E-state index contributed by atoms with van der Waals surface area (Å²) in [5.41, 5.74) is 4.83. The van der Waals surface area contributed by atoms with Crippen LogP contribution < -0.4 is 9.04 Å². The topological polar surface area (TPSA) is 63.7 Å². The number of rotatable bonds is 5. The molecule has 4 aromatic rings. The van der Waals surface area contributed by atoms with Gasteiger partial charge in [-0.15, -0.1) is 0 Å². The molecule has 1 aliphatic carbocycles. The molecule has 0 saturated carbocycles. The van der Waals surface area contributed by atoms with Crippen LogP contribution in [-0.4, -0.2) is 21.4 Å². The van der Waals surface area contributed by atoms with Crippen molar-refractivity contribution in [1.82, 2.24) is 0 Å². The average Bonchev–Trinajstić information content (AvgIpc) is 3.18. The predicted octanol–water partition coefficient (Wildman–Crippen LogP) is 5.54. The van der Waals surface area contributed by atoms with E-state index in [2.05, 4.69) is 0 Å². The summed E-state index contributed by atoms with van der Waals surface area (Å²) >= 11 is 0. The van der Waals surface area contributed by atoms with Gasteiger partial charge in [-0.05, 0) is 65.6 Å². The van der Waals surface area contributed by atoms with E-state index in [0.29, 0.717) is 11.4 Å². The van der Waals surface area contributed by atoms with Gasteiger partial charge in [0.15, 0.2) is 0 Å². The lowest BCUT2D eigenvalue weighted by Crippen LogP contribution is -2.40. The van der Waals surface area contributed by atoms with Crippen LogP contribution in [0.5, 0.6) is 5.75 Å². The summed E-state index contributed by atoms with van der Waals surface area (Å²) in [6.45, 7) is 1.97. The second-order valence-corrected chi connectivity index (χ2v) is 10.0. The monoisotopic (exact) mass is 469 g/mol. The highest BCUT2D eigenvalue weighted by Gasteiger charge is 2.41. The van der Waals surface area contributed by atoms with Crippen molar-refractivity contribution in [3.8, 4) is 16.9 Å². The molecule has 1 aliphatic rings. The van der Waals surface area contributed by atoms with Crippen LogP contribution in [0.25, 0.3) is 11.1 Å². The van der Waals surface area contributed by atoms with Crippen molar-refractivity contribution in [3.63, 3.8) is 0 Å². The van der Waals surface area contributed by atoms with Crippen LogP contribution in [0, 0.1) is 6.92 Å². The van der Waals surface area contributed by atoms with Gasteiger partial charge in [0.25, 0.3) is 15.9 Å². The first kappa shape index (κ1) is 21.9. The zero-order valence-electron chi connectivity index (χ0n) is 18.8. The van der Waals surface area contributed by atoms with E-state index in [-0.39, 0.29) is 4.90 Å². The minimum Gasteiger partial charge on any atom is -0.497 e. The molecule has 1 unspecified atom stereocenters. The molecule has 0 heterocycles. The first-order valence-electron chi connectivity index (χ1n) is 10.9. The fourth-order valence-electron chi connectivity index (χ4n) is 4.51. The number of ether oxygens (including phenoxy) is 1. The molecule has 0 aliphatic heterocycles. The zero-order valence-corrected chi connectivity index (χ0v) is 19.6.